The molecule has 0 saturated heterocycles. The van der Waals surface area contributed by atoms with Gasteiger partial charge in [-0.3, -0.25) is 0 Å². The number of nitrogens with zero attached hydrogens (tertiary/aromatic N) is 2. The van der Waals surface area contributed by atoms with Gasteiger partial charge >= 0.3 is 6.03 Å². The van der Waals surface area contributed by atoms with Crippen LogP contribution in [0, 0.1) is 12.8 Å². The number of benzene rings is 1. The number of imidazole rings is 1. The Morgan fingerprint density at radius 2 is 2.00 bits per heavy atom. The van der Waals surface area contributed by atoms with E-state index in [1.807, 2.05) is 51.2 Å². The van der Waals surface area contributed by atoms with Gasteiger partial charge in [-0.1, -0.05) is 19.1 Å². The molecule has 3 N–H and O–H groups in total. The predicted octanol–water partition coefficient (Wildman–Crippen LogP) is 2.38. The lowest BCUT2D eigenvalue weighted by molar-refractivity contribution is 0.204. The van der Waals surface area contributed by atoms with Crippen LogP contribution in [0.3, 0.4) is 0 Å². The standard InChI is InChI=1S/C17H24N4O2/c1-12(11-22)13(2)19-17(23)20-16-6-4-15(5-7-16)10-21-9-8-18-14(21)3/h4-9,12-13,22H,10-11H2,1-3H3,(H2,19,20,23)/t12-,13+/m0/s1. The summed E-state index contributed by atoms with van der Waals surface area (Å²) in [5.74, 6) is 0.986. The van der Waals surface area contributed by atoms with Crippen LogP contribution in [0.15, 0.2) is 36.7 Å². The van der Waals surface area contributed by atoms with Crippen molar-refractivity contribution in [3.63, 3.8) is 0 Å². The highest BCUT2D eigenvalue weighted by atomic mass is 16.3. The Kier molecular flexibility index (Phi) is 5.76. The molecule has 2 rings (SSSR count). The van der Waals surface area contributed by atoms with Crippen LogP contribution < -0.4 is 10.6 Å². The molecule has 1 heterocycles. The zero-order chi connectivity index (χ0) is 16.8. The molecule has 1 aromatic carbocycles. The summed E-state index contributed by atoms with van der Waals surface area (Å²) in [5.41, 5.74) is 1.87. The molecule has 0 radical (unpaired) electrons. The van der Waals surface area contributed by atoms with Gasteiger partial charge in [0.2, 0.25) is 0 Å². The second kappa shape index (κ2) is 7.78. The van der Waals surface area contributed by atoms with Gasteiger partial charge in [-0.05, 0) is 37.5 Å². The maximum Gasteiger partial charge on any atom is 0.319 e. The largest absolute Gasteiger partial charge is 0.396 e. The van der Waals surface area contributed by atoms with Crippen LogP contribution in [0.2, 0.25) is 0 Å². The molecule has 0 saturated carbocycles. The van der Waals surface area contributed by atoms with Crippen molar-refractivity contribution in [3.05, 3.63) is 48.0 Å². The normalized spacial score (nSPS) is 13.4. The van der Waals surface area contributed by atoms with Gasteiger partial charge in [0.05, 0.1) is 0 Å². The van der Waals surface area contributed by atoms with Crippen molar-refractivity contribution in [1.29, 1.82) is 0 Å². The summed E-state index contributed by atoms with van der Waals surface area (Å²) >= 11 is 0. The highest BCUT2D eigenvalue weighted by molar-refractivity contribution is 5.89. The SMILES string of the molecule is Cc1nccn1Cc1ccc(NC(=O)N[C@H](C)[C@@H](C)CO)cc1. The van der Waals surface area contributed by atoms with Crippen molar-refractivity contribution < 1.29 is 9.90 Å². The molecule has 0 aliphatic rings. The molecular weight excluding hydrogens is 292 g/mol. The van der Waals surface area contributed by atoms with Crippen LogP contribution >= 0.6 is 0 Å². The average Bonchev–Trinajstić information content (AvgIpc) is 2.93. The third-order valence-corrected chi connectivity index (χ3v) is 3.99. The number of aromatic nitrogens is 2. The minimum Gasteiger partial charge on any atom is -0.396 e. The Hall–Kier alpha value is -2.34. The number of hydrogen-bond acceptors (Lipinski definition) is 3. The topological polar surface area (TPSA) is 79.2 Å². The van der Waals surface area contributed by atoms with Crippen molar-refractivity contribution in [1.82, 2.24) is 14.9 Å². The van der Waals surface area contributed by atoms with E-state index < -0.39 is 0 Å². The summed E-state index contributed by atoms with van der Waals surface area (Å²) in [7, 11) is 0. The molecule has 6 nitrogen and oxygen atoms in total. The van der Waals surface area contributed by atoms with E-state index in [1.54, 1.807) is 6.20 Å². The number of aliphatic hydroxyl groups is 1. The van der Waals surface area contributed by atoms with E-state index in [4.69, 9.17) is 5.11 Å². The lowest BCUT2D eigenvalue weighted by atomic mass is 10.1. The molecule has 0 aliphatic heterocycles. The van der Waals surface area contributed by atoms with Crippen LogP contribution in [-0.2, 0) is 6.54 Å². The Bertz CT molecular complexity index is 636. The van der Waals surface area contributed by atoms with E-state index in [-0.39, 0.29) is 24.6 Å². The first-order chi connectivity index (χ1) is 11.0. The van der Waals surface area contributed by atoms with E-state index in [2.05, 4.69) is 20.2 Å². The molecule has 2 amide bonds. The first-order valence-electron chi connectivity index (χ1n) is 7.74. The molecule has 0 aliphatic carbocycles. The molecule has 2 atom stereocenters. The number of nitrogens with one attached hydrogen (secondary N) is 2. The summed E-state index contributed by atoms with van der Waals surface area (Å²) in [6.07, 6.45) is 3.72. The summed E-state index contributed by atoms with van der Waals surface area (Å²) in [6, 6.07) is 7.35. The first kappa shape index (κ1) is 17.0. The molecule has 23 heavy (non-hydrogen) atoms. The van der Waals surface area contributed by atoms with Crippen LogP contribution in [0.1, 0.15) is 25.2 Å². The van der Waals surface area contributed by atoms with Gasteiger partial charge in [-0.2, -0.15) is 0 Å². The predicted molar refractivity (Wildman–Crippen MR) is 90.4 cm³/mol. The molecule has 0 spiro atoms. The Morgan fingerprint density at radius 1 is 1.30 bits per heavy atom. The van der Waals surface area contributed by atoms with E-state index in [1.165, 1.54) is 0 Å². The molecule has 1 aromatic heterocycles. The lowest BCUT2D eigenvalue weighted by Crippen LogP contribution is -2.40. The molecule has 124 valence electrons. The number of carbonyl (C=O) groups excluding carboxylic acids is 1. The van der Waals surface area contributed by atoms with Crippen molar-refractivity contribution in [2.24, 2.45) is 5.92 Å². The molecule has 0 unspecified atom stereocenters. The van der Waals surface area contributed by atoms with Crippen LogP contribution in [0.25, 0.3) is 0 Å². The monoisotopic (exact) mass is 316 g/mol. The van der Waals surface area contributed by atoms with Crippen molar-refractivity contribution >= 4 is 11.7 Å². The fraction of sp³-hybridized carbons (Fsp3) is 0.412. The zero-order valence-corrected chi connectivity index (χ0v) is 13.8. The van der Waals surface area contributed by atoms with Crippen molar-refractivity contribution in [2.45, 2.75) is 33.4 Å². The maximum atomic E-state index is 11.9. The molecule has 2 aromatic rings. The minimum absolute atomic E-state index is 0.0153. The van der Waals surface area contributed by atoms with Gasteiger partial charge in [-0.15, -0.1) is 0 Å². The van der Waals surface area contributed by atoms with Crippen LogP contribution in [-0.4, -0.2) is 33.3 Å². The Labute approximate surface area is 136 Å². The number of urea groups is 1. The first-order valence-corrected chi connectivity index (χ1v) is 7.74. The minimum atomic E-state index is -0.268. The third kappa shape index (κ3) is 4.82. The maximum absolute atomic E-state index is 11.9. The summed E-state index contributed by atoms with van der Waals surface area (Å²) in [6.45, 7) is 6.52. The second-order valence-corrected chi connectivity index (χ2v) is 5.85. The molecule has 0 fully saturated rings. The Morgan fingerprint density at radius 3 is 2.57 bits per heavy atom. The number of carbonyl (C=O) groups is 1. The second-order valence-electron chi connectivity index (χ2n) is 5.85. The quantitative estimate of drug-likeness (QED) is 0.765. The van der Waals surface area contributed by atoms with Gasteiger partial charge in [0, 0.05) is 37.3 Å². The molecule has 0 bridgehead atoms. The molecular formula is C17H24N4O2. The highest BCUT2D eigenvalue weighted by Gasteiger charge is 2.13. The van der Waals surface area contributed by atoms with Crippen LogP contribution in [0.5, 0.6) is 0 Å². The van der Waals surface area contributed by atoms with Gasteiger partial charge < -0.3 is 20.3 Å². The van der Waals surface area contributed by atoms with E-state index in [0.717, 1.165) is 23.6 Å². The van der Waals surface area contributed by atoms with Gasteiger partial charge in [0.15, 0.2) is 0 Å². The zero-order valence-electron chi connectivity index (χ0n) is 13.8. The average molecular weight is 316 g/mol. The number of amides is 2. The van der Waals surface area contributed by atoms with Gasteiger partial charge in [-0.25, -0.2) is 9.78 Å². The highest BCUT2D eigenvalue weighted by Crippen LogP contribution is 2.12. The number of anilines is 1. The fourth-order valence-electron chi connectivity index (χ4n) is 2.14. The van der Waals surface area contributed by atoms with Crippen molar-refractivity contribution in [3.8, 4) is 0 Å². The van der Waals surface area contributed by atoms with E-state index in [0.29, 0.717) is 0 Å². The number of hydrogen-bond donors (Lipinski definition) is 3. The van der Waals surface area contributed by atoms with E-state index >= 15 is 0 Å². The lowest BCUT2D eigenvalue weighted by Gasteiger charge is -2.19. The number of rotatable bonds is 6. The smallest absolute Gasteiger partial charge is 0.319 e. The fourth-order valence-corrected chi connectivity index (χ4v) is 2.14. The third-order valence-electron chi connectivity index (χ3n) is 3.99. The van der Waals surface area contributed by atoms with Gasteiger partial charge in [0.1, 0.15) is 5.82 Å². The Balaban J connectivity index is 1.90. The van der Waals surface area contributed by atoms with E-state index in [9.17, 15) is 4.79 Å². The number of aryl methyl sites for hydroxylation is 1. The van der Waals surface area contributed by atoms with Crippen molar-refractivity contribution in [2.75, 3.05) is 11.9 Å². The van der Waals surface area contributed by atoms with Crippen LogP contribution in [0.4, 0.5) is 10.5 Å². The van der Waals surface area contributed by atoms with Gasteiger partial charge in [0.25, 0.3) is 0 Å². The summed E-state index contributed by atoms with van der Waals surface area (Å²) in [5, 5.41) is 14.7. The molecule has 6 heteroatoms. The number of aliphatic hydroxyl groups excluding tert-OH is 1. The summed E-state index contributed by atoms with van der Waals surface area (Å²) in [4.78, 5) is 16.1. The summed E-state index contributed by atoms with van der Waals surface area (Å²) < 4.78 is 2.06.